The standard InChI is InChI=1S/C13H20N4O3/c1-7-16-17-11(20-7)15-10(18)13(14)8-5-4-6-19-9(8)12(13,2)3/h8-9H,4-6,14H2,1-3H3,(H,15,17,18). The minimum atomic E-state index is -0.972. The Balaban J connectivity index is 1.82. The van der Waals surface area contributed by atoms with Crippen molar-refractivity contribution >= 4 is 11.9 Å². The van der Waals surface area contributed by atoms with E-state index in [0.717, 1.165) is 19.4 Å². The van der Waals surface area contributed by atoms with Crippen molar-refractivity contribution in [1.82, 2.24) is 10.2 Å². The lowest BCUT2D eigenvalue weighted by Crippen LogP contribution is -2.81. The Morgan fingerprint density at radius 1 is 1.45 bits per heavy atom. The Morgan fingerprint density at radius 3 is 2.85 bits per heavy atom. The van der Waals surface area contributed by atoms with Crippen LogP contribution in [0.4, 0.5) is 6.01 Å². The molecule has 1 saturated heterocycles. The normalized spacial score (nSPS) is 35.0. The highest BCUT2D eigenvalue weighted by molar-refractivity contribution is 5.98. The van der Waals surface area contributed by atoms with E-state index in [1.807, 2.05) is 13.8 Å². The fourth-order valence-corrected chi connectivity index (χ4v) is 3.58. The van der Waals surface area contributed by atoms with E-state index in [2.05, 4.69) is 15.5 Å². The largest absolute Gasteiger partial charge is 0.408 e. The molecule has 2 heterocycles. The van der Waals surface area contributed by atoms with Crippen LogP contribution < -0.4 is 11.1 Å². The Kier molecular flexibility index (Phi) is 2.88. The SMILES string of the molecule is Cc1nnc(NC(=O)C2(N)C3CCCOC3C2(C)C)o1. The van der Waals surface area contributed by atoms with Crippen LogP contribution in [0.1, 0.15) is 32.6 Å². The maximum atomic E-state index is 12.6. The third-order valence-corrected chi connectivity index (χ3v) is 4.81. The van der Waals surface area contributed by atoms with Crippen molar-refractivity contribution in [3.63, 3.8) is 0 Å². The topological polar surface area (TPSA) is 103 Å². The minimum Gasteiger partial charge on any atom is -0.408 e. The number of aromatic nitrogens is 2. The number of aryl methyl sites for hydroxylation is 1. The summed E-state index contributed by atoms with van der Waals surface area (Å²) in [5, 5.41) is 10.1. The third-order valence-electron chi connectivity index (χ3n) is 4.81. The number of ether oxygens (including phenoxy) is 1. The summed E-state index contributed by atoms with van der Waals surface area (Å²) in [6.45, 7) is 6.35. The number of carbonyl (C=O) groups excluding carboxylic acids is 1. The van der Waals surface area contributed by atoms with Gasteiger partial charge in [-0.1, -0.05) is 18.9 Å². The van der Waals surface area contributed by atoms with Crippen LogP contribution in [0.5, 0.6) is 0 Å². The molecule has 1 aromatic rings. The van der Waals surface area contributed by atoms with Crippen molar-refractivity contribution in [3.05, 3.63) is 5.89 Å². The molecule has 1 aliphatic heterocycles. The van der Waals surface area contributed by atoms with Crippen LogP contribution in [-0.2, 0) is 9.53 Å². The maximum Gasteiger partial charge on any atom is 0.322 e. The van der Waals surface area contributed by atoms with Crippen molar-refractivity contribution in [3.8, 4) is 0 Å². The molecule has 7 heteroatoms. The highest BCUT2D eigenvalue weighted by Gasteiger charge is 2.70. The number of hydrogen-bond donors (Lipinski definition) is 2. The second-order valence-electron chi connectivity index (χ2n) is 6.21. The van der Waals surface area contributed by atoms with Gasteiger partial charge in [-0.2, -0.15) is 0 Å². The van der Waals surface area contributed by atoms with Crippen LogP contribution in [-0.4, -0.2) is 34.4 Å². The molecule has 0 aromatic carbocycles. The molecule has 0 bridgehead atoms. The van der Waals surface area contributed by atoms with Gasteiger partial charge < -0.3 is 14.9 Å². The Labute approximate surface area is 117 Å². The molecule has 3 unspecified atom stereocenters. The molecule has 0 spiro atoms. The quantitative estimate of drug-likeness (QED) is 0.832. The van der Waals surface area contributed by atoms with Crippen LogP contribution in [0.2, 0.25) is 0 Å². The molecule has 1 aromatic heterocycles. The predicted octanol–water partition coefficient (Wildman–Crippen LogP) is 0.849. The second kappa shape index (κ2) is 4.26. The van der Waals surface area contributed by atoms with E-state index in [4.69, 9.17) is 14.9 Å². The lowest BCUT2D eigenvalue weighted by atomic mass is 9.46. The summed E-state index contributed by atoms with van der Waals surface area (Å²) < 4.78 is 11.0. The molecule has 0 radical (unpaired) electrons. The Morgan fingerprint density at radius 2 is 2.20 bits per heavy atom. The third kappa shape index (κ3) is 1.63. The zero-order chi connectivity index (χ0) is 14.5. The molecule has 2 aliphatic rings. The summed E-state index contributed by atoms with van der Waals surface area (Å²) in [4.78, 5) is 12.6. The molecule has 3 N–H and O–H groups in total. The van der Waals surface area contributed by atoms with E-state index in [9.17, 15) is 4.79 Å². The van der Waals surface area contributed by atoms with Gasteiger partial charge in [-0.15, -0.1) is 5.10 Å². The van der Waals surface area contributed by atoms with Crippen molar-refractivity contribution in [2.24, 2.45) is 17.1 Å². The summed E-state index contributed by atoms with van der Waals surface area (Å²) in [5.41, 5.74) is 5.06. The Hall–Kier alpha value is -1.47. The van der Waals surface area contributed by atoms with Gasteiger partial charge in [0.15, 0.2) is 0 Å². The summed E-state index contributed by atoms with van der Waals surface area (Å²) in [5.74, 6) is 0.159. The van der Waals surface area contributed by atoms with Gasteiger partial charge in [0.25, 0.3) is 0 Å². The fourth-order valence-electron chi connectivity index (χ4n) is 3.58. The van der Waals surface area contributed by atoms with Crippen molar-refractivity contribution < 1.29 is 13.9 Å². The van der Waals surface area contributed by atoms with Crippen LogP contribution in [0.15, 0.2) is 4.42 Å². The lowest BCUT2D eigenvalue weighted by Gasteiger charge is -2.64. The van der Waals surface area contributed by atoms with E-state index in [1.165, 1.54) is 0 Å². The number of hydrogen-bond acceptors (Lipinski definition) is 6. The highest BCUT2D eigenvalue weighted by atomic mass is 16.5. The van der Waals surface area contributed by atoms with Gasteiger partial charge in [-0.05, 0) is 12.8 Å². The van der Waals surface area contributed by atoms with Crippen LogP contribution in [0.25, 0.3) is 0 Å². The summed E-state index contributed by atoms with van der Waals surface area (Å²) in [7, 11) is 0. The van der Waals surface area contributed by atoms with Crippen LogP contribution in [0.3, 0.4) is 0 Å². The molecule has 20 heavy (non-hydrogen) atoms. The number of nitrogens with one attached hydrogen (secondary N) is 1. The average Bonchev–Trinajstić information content (AvgIpc) is 2.83. The minimum absolute atomic E-state index is 0.0373. The summed E-state index contributed by atoms with van der Waals surface area (Å²) >= 11 is 0. The number of amides is 1. The highest BCUT2D eigenvalue weighted by Crippen LogP contribution is 2.57. The van der Waals surface area contributed by atoms with Gasteiger partial charge in [-0.25, -0.2) is 0 Å². The first-order valence-corrected chi connectivity index (χ1v) is 6.89. The lowest BCUT2D eigenvalue weighted by molar-refractivity contribution is -0.222. The van der Waals surface area contributed by atoms with Gasteiger partial charge in [0.05, 0.1) is 6.10 Å². The van der Waals surface area contributed by atoms with E-state index < -0.39 is 11.0 Å². The van der Waals surface area contributed by atoms with Crippen molar-refractivity contribution in [2.75, 3.05) is 11.9 Å². The Bertz CT molecular complexity index is 541. The number of rotatable bonds is 2. The van der Waals surface area contributed by atoms with Gasteiger partial charge in [0.2, 0.25) is 11.8 Å². The first-order valence-electron chi connectivity index (χ1n) is 6.89. The van der Waals surface area contributed by atoms with Gasteiger partial charge >= 0.3 is 6.01 Å². The summed E-state index contributed by atoms with van der Waals surface area (Å²) in [6, 6.07) is 0.0910. The molecule has 1 amide bonds. The molecule has 110 valence electrons. The molecule has 3 rings (SSSR count). The van der Waals surface area contributed by atoms with Gasteiger partial charge in [-0.3, -0.25) is 10.1 Å². The van der Waals surface area contributed by atoms with Crippen molar-refractivity contribution in [1.29, 1.82) is 0 Å². The zero-order valence-corrected chi connectivity index (χ0v) is 12.0. The van der Waals surface area contributed by atoms with Gasteiger partial charge in [0, 0.05) is 24.9 Å². The summed E-state index contributed by atoms with van der Waals surface area (Å²) in [6.07, 6.45) is 1.88. The number of anilines is 1. The van der Waals surface area contributed by atoms with Crippen LogP contribution in [0, 0.1) is 18.3 Å². The molecule has 7 nitrogen and oxygen atoms in total. The molecular formula is C13H20N4O3. The van der Waals surface area contributed by atoms with E-state index in [0.29, 0.717) is 5.89 Å². The number of nitrogens with two attached hydrogens (primary N) is 1. The molecular weight excluding hydrogens is 260 g/mol. The second-order valence-corrected chi connectivity index (χ2v) is 6.21. The van der Waals surface area contributed by atoms with E-state index in [-0.39, 0.29) is 23.9 Å². The number of fused-ring (bicyclic) bond motifs is 1. The number of carbonyl (C=O) groups is 1. The fraction of sp³-hybridized carbons (Fsp3) is 0.769. The average molecular weight is 280 g/mol. The zero-order valence-electron chi connectivity index (χ0n) is 12.0. The molecule has 1 saturated carbocycles. The maximum absolute atomic E-state index is 12.6. The first kappa shape index (κ1) is 13.5. The molecule has 1 aliphatic carbocycles. The predicted molar refractivity (Wildman–Crippen MR) is 70.8 cm³/mol. The molecule has 3 atom stereocenters. The van der Waals surface area contributed by atoms with E-state index in [1.54, 1.807) is 6.92 Å². The molecule has 2 fully saturated rings. The number of nitrogens with zero attached hydrogens (tertiary/aromatic N) is 2. The monoisotopic (exact) mass is 280 g/mol. The van der Waals surface area contributed by atoms with Crippen molar-refractivity contribution in [2.45, 2.75) is 45.3 Å². The smallest absolute Gasteiger partial charge is 0.322 e. The van der Waals surface area contributed by atoms with Gasteiger partial charge in [0.1, 0.15) is 5.54 Å². The van der Waals surface area contributed by atoms with E-state index >= 15 is 0 Å². The van der Waals surface area contributed by atoms with Crippen LogP contribution >= 0.6 is 0 Å². The first-order chi connectivity index (χ1) is 9.37.